The van der Waals surface area contributed by atoms with Crippen molar-refractivity contribution in [3.05, 3.63) is 22.4 Å². The molecule has 2 N–H and O–H groups in total. The topological polar surface area (TPSA) is 66.4 Å². The van der Waals surface area contributed by atoms with Crippen molar-refractivity contribution in [3.8, 4) is 0 Å². The van der Waals surface area contributed by atoms with E-state index in [1.54, 1.807) is 11.3 Å². The van der Waals surface area contributed by atoms with Crippen molar-refractivity contribution in [1.29, 1.82) is 0 Å². The molecule has 6 heteroatoms. The summed E-state index contributed by atoms with van der Waals surface area (Å²) in [7, 11) is 0. The van der Waals surface area contributed by atoms with Gasteiger partial charge in [0.2, 0.25) is 0 Å². The maximum absolute atomic E-state index is 12.4. The zero-order valence-corrected chi connectivity index (χ0v) is 12.9. The van der Waals surface area contributed by atoms with E-state index in [4.69, 9.17) is 0 Å². The molecule has 21 heavy (non-hydrogen) atoms. The van der Waals surface area contributed by atoms with E-state index in [0.717, 1.165) is 28.7 Å². The lowest BCUT2D eigenvalue weighted by Gasteiger charge is -2.28. The van der Waals surface area contributed by atoms with Gasteiger partial charge in [0, 0.05) is 15.4 Å². The van der Waals surface area contributed by atoms with Gasteiger partial charge in [-0.15, -0.1) is 22.7 Å². The highest BCUT2D eigenvalue weighted by Crippen LogP contribution is 2.48. The van der Waals surface area contributed by atoms with Crippen LogP contribution in [-0.2, 0) is 4.79 Å². The monoisotopic (exact) mass is 321 g/mol. The molecular formula is C15H15NO3S2. The third-order valence-electron chi connectivity index (χ3n) is 4.86. The lowest BCUT2D eigenvalue weighted by Crippen LogP contribution is -2.46. The van der Waals surface area contributed by atoms with E-state index in [9.17, 15) is 14.7 Å². The first-order valence-electron chi connectivity index (χ1n) is 7.14. The molecule has 4 nitrogen and oxygen atoms in total. The Morgan fingerprint density at radius 1 is 1.24 bits per heavy atom. The molecule has 2 aliphatic rings. The van der Waals surface area contributed by atoms with Crippen molar-refractivity contribution in [1.82, 2.24) is 5.32 Å². The van der Waals surface area contributed by atoms with E-state index in [2.05, 4.69) is 5.32 Å². The van der Waals surface area contributed by atoms with Gasteiger partial charge in [-0.25, -0.2) is 0 Å². The van der Waals surface area contributed by atoms with E-state index in [1.165, 1.54) is 11.3 Å². The van der Waals surface area contributed by atoms with Crippen molar-refractivity contribution in [3.63, 3.8) is 0 Å². The van der Waals surface area contributed by atoms with Crippen LogP contribution in [-0.4, -0.2) is 23.0 Å². The Bertz CT molecular complexity index is 691. The Balaban J connectivity index is 1.56. The number of nitrogens with one attached hydrogen (secondary N) is 1. The SMILES string of the molecule is O=C(NC1C2CCC(C2)C1C(=O)O)c1cc2sccc2s1. The minimum atomic E-state index is -0.764. The van der Waals surface area contributed by atoms with Crippen molar-refractivity contribution in [2.75, 3.05) is 0 Å². The lowest BCUT2D eigenvalue weighted by atomic mass is 9.84. The number of thiophene rings is 2. The fourth-order valence-electron chi connectivity index (χ4n) is 3.95. The molecule has 0 saturated heterocycles. The summed E-state index contributed by atoms with van der Waals surface area (Å²) in [5.41, 5.74) is 0. The highest BCUT2D eigenvalue weighted by atomic mass is 32.1. The number of rotatable bonds is 3. The number of carbonyl (C=O) groups excluding carboxylic acids is 1. The van der Waals surface area contributed by atoms with Crippen LogP contribution in [0.5, 0.6) is 0 Å². The highest BCUT2D eigenvalue weighted by molar-refractivity contribution is 7.27. The molecule has 2 aromatic heterocycles. The molecule has 2 heterocycles. The molecule has 4 unspecified atom stereocenters. The zero-order valence-electron chi connectivity index (χ0n) is 11.2. The number of aliphatic carboxylic acids is 1. The molecule has 4 rings (SSSR count). The fraction of sp³-hybridized carbons (Fsp3) is 0.467. The zero-order chi connectivity index (χ0) is 14.6. The molecule has 0 spiro atoms. The second kappa shape index (κ2) is 4.81. The summed E-state index contributed by atoms with van der Waals surface area (Å²) < 4.78 is 2.24. The molecule has 0 aliphatic heterocycles. The van der Waals surface area contributed by atoms with Gasteiger partial charge < -0.3 is 10.4 Å². The summed E-state index contributed by atoms with van der Waals surface area (Å²) in [6.45, 7) is 0. The Morgan fingerprint density at radius 3 is 2.81 bits per heavy atom. The number of amides is 1. The third kappa shape index (κ3) is 2.08. The van der Waals surface area contributed by atoms with E-state index >= 15 is 0 Å². The summed E-state index contributed by atoms with van der Waals surface area (Å²) in [6.07, 6.45) is 2.98. The van der Waals surface area contributed by atoms with Gasteiger partial charge in [-0.05, 0) is 48.6 Å². The quantitative estimate of drug-likeness (QED) is 0.912. The van der Waals surface area contributed by atoms with Crippen LogP contribution in [0, 0.1) is 17.8 Å². The normalized spacial score (nSPS) is 30.9. The van der Waals surface area contributed by atoms with Gasteiger partial charge >= 0.3 is 5.97 Å². The predicted molar refractivity (Wildman–Crippen MR) is 82.9 cm³/mol. The Hall–Kier alpha value is -1.40. The van der Waals surface area contributed by atoms with Gasteiger partial charge in [0.25, 0.3) is 5.91 Å². The summed E-state index contributed by atoms with van der Waals surface area (Å²) in [5.74, 6) is -0.716. The smallest absolute Gasteiger partial charge is 0.308 e. The van der Waals surface area contributed by atoms with Crippen LogP contribution in [0.2, 0.25) is 0 Å². The minimum absolute atomic E-state index is 0.118. The summed E-state index contributed by atoms with van der Waals surface area (Å²) in [5, 5.41) is 14.4. The molecule has 2 aromatic rings. The number of carboxylic acid groups (broad SMARTS) is 1. The molecule has 0 aromatic carbocycles. The molecule has 4 atom stereocenters. The van der Waals surface area contributed by atoms with E-state index in [0.29, 0.717) is 10.8 Å². The Morgan fingerprint density at radius 2 is 2.05 bits per heavy atom. The number of carbonyl (C=O) groups is 2. The summed E-state index contributed by atoms with van der Waals surface area (Å²) >= 11 is 3.10. The van der Waals surface area contributed by atoms with E-state index in [-0.39, 0.29) is 17.9 Å². The standard InChI is InChI=1S/C15H15NO3S2/c17-14(11-6-10-9(21-11)3-4-20-10)16-13-8-2-1-7(5-8)12(13)15(18)19/h3-4,6-8,12-13H,1-2,5H2,(H,16,17)(H,18,19). The Kier molecular flexibility index (Phi) is 3.04. The molecular weight excluding hydrogens is 306 g/mol. The second-order valence-corrected chi connectivity index (χ2v) is 7.99. The van der Waals surface area contributed by atoms with Crippen LogP contribution < -0.4 is 5.32 Å². The predicted octanol–water partition coefficient (Wildman–Crippen LogP) is 3.19. The largest absolute Gasteiger partial charge is 0.481 e. The summed E-state index contributed by atoms with van der Waals surface area (Å²) in [4.78, 5) is 24.6. The van der Waals surface area contributed by atoms with Gasteiger partial charge in [0.1, 0.15) is 0 Å². The first-order valence-corrected chi connectivity index (χ1v) is 8.84. The van der Waals surface area contributed by atoms with Crippen molar-refractivity contribution >= 4 is 43.9 Å². The maximum Gasteiger partial charge on any atom is 0.308 e. The third-order valence-corrected chi connectivity index (χ3v) is 6.95. The molecule has 2 saturated carbocycles. The second-order valence-electron chi connectivity index (χ2n) is 5.96. The molecule has 2 bridgehead atoms. The molecule has 0 radical (unpaired) electrons. The van der Waals surface area contributed by atoms with Crippen LogP contribution in [0.1, 0.15) is 28.9 Å². The number of hydrogen-bond acceptors (Lipinski definition) is 4. The number of hydrogen-bond donors (Lipinski definition) is 2. The van der Waals surface area contributed by atoms with Crippen molar-refractivity contribution < 1.29 is 14.7 Å². The van der Waals surface area contributed by atoms with Crippen molar-refractivity contribution in [2.45, 2.75) is 25.3 Å². The maximum atomic E-state index is 12.4. The molecule has 2 fully saturated rings. The molecule has 2 aliphatic carbocycles. The van der Waals surface area contributed by atoms with Gasteiger partial charge in [0.05, 0.1) is 10.8 Å². The molecule has 1 amide bonds. The van der Waals surface area contributed by atoms with Crippen LogP contribution >= 0.6 is 22.7 Å². The van der Waals surface area contributed by atoms with Gasteiger partial charge in [-0.3, -0.25) is 9.59 Å². The summed E-state index contributed by atoms with van der Waals surface area (Å²) in [6, 6.07) is 3.72. The first-order chi connectivity index (χ1) is 10.1. The Labute approximate surface area is 129 Å². The number of fused-ring (bicyclic) bond motifs is 3. The van der Waals surface area contributed by atoms with Crippen LogP contribution in [0.25, 0.3) is 9.40 Å². The highest BCUT2D eigenvalue weighted by Gasteiger charge is 2.51. The first kappa shape index (κ1) is 13.3. The average molecular weight is 321 g/mol. The van der Waals surface area contributed by atoms with E-state index < -0.39 is 11.9 Å². The lowest BCUT2D eigenvalue weighted by molar-refractivity contribution is -0.144. The van der Waals surface area contributed by atoms with Gasteiger partial charge in [-0.2, -0.15) is 0 Å². The van der Waals surface area contributed by atoms with E-state index in [1.807, 2.05) is 17.5 Å². The average Bonchev–Trinajstić information content (AvgIpc) is 3.17. The van der Waals surface area contributed by atoms with Crippen LogP contribution in [0.4, 0.5) is 0 Å². The number of carboxylic acids is 1. The minimum Gasteiger partial charge on any atom is -0.481 e. The van der Waals surface area contributed by atoms with Gasteiger partial charge in [-0.1, -0.05) is 0 Å². The van der Waals surface area contributed by atoms with Crippen molar-refractivity contribution in [2.24, 2.45) is 17.8 Å². The van der Waals surface area contributed by atoms with Gasteiger partial charge in [0.15, 0.2) is 0 Å². The molecule has 110 valence electrons. The van der Waals surface area contributed by atoms with Crippen LogP contribution in [0.3, 0.4) is 0 Å². The fourth-order valence-corrected chi connectivity index (χ4v) is 5.97. The van der Waals surface area contributed by atoms with Crippen LogP contribution in [0.15, 0.2) is 17.5 Å².